The first-order chi connectivity index (χ1) is 15.5. The van der Waals surface area contributed by atoms with Crippen LogP contribution >= 0.6 is 23.2 Å². The molecule has 0 saturated heterocycles. The van der Waals surface area contributed by atoms with Gasteiger partial charge in [-0.25, -0.2) is 8.42 Å². The average Bonchev–Trinajstić information content (AvgIpc) is 3.31. The Morgan fingerprint density at radius 3 is 1.97 bits per heavy atom. The van der Waals surface area contributed by atoms with Crippen molar-refractivity contribution in [2.24, 2.45) is 14.1 Å². The zero-order valence-electron chi connectivity index (χ0n) is 17.8. The Labute approximate surface area is 214 Å². The van der Waals surface area contributed by atoms with Gasteiger partial charge in [0.2, 0.25) is 0 Å². The summed E-state index contributed by atoms with van der Waals surface area (Å²) in [5.74, 6) is 0. The fourth-order valence-corrected chi connectivity index (χ4v) is 5.98. The second kappa shape index (κ2) is 11.2. The van der Waals surface area contributed by atoms with E-state index in [4.69, 9.17) is 23.2 Å². The average molecular weight is 636 g/mol. The van der Waals surface area contributed by atoms with Gasteiger partial charge in [0.15, 0.2) is 0 Å². The predicted octanol–water partition coefficient (Wildman–Crippen LogP) is 2.44. The van der Waals surface area contributed by atoms with Crippen molar-refractivity contribution in [2.75, 3.05) is 0 Å². The molecule has 2 heterocycles. The first-order valence-corrected chi connectivity index (χ1v) is 14.6. The normalized spacial score (nSPS) is 11.0. The minimum absolute atomic E-state index is 0.178. The minimum atomic E-state index is -4.27. The topological polar surface area (TPSA) is 90.7 Å². The molecule has 5 aromatic rings. The predicted molar refractivity (Wildman–Crippen MR) is 129 cm³/mol. The van der Waals surface area contributed by atoms with E-state index in [0.717, 1.165) is 32.2 Å². The van der Waals surface area contributed by atoms with Crippen LogP contribution in [-0.2, 0) is 24.2 Å². The quantitative estimate of drug-likeness (QED) is 0.209. The maximum atomic E-state index is 10.4. The van der Waals surface area contributed by atoms with Crippen LogP contribution in [0.4, 0.5) is 0 Å². The van der Waals surface area contributed by atoms with Crippen LogP contribution in [0.15, 0.2) is 65.6 Å². The van der Waals surface area contributed by atoms with Crippen LogP contribution in [0.25, 0.3) is 22.1 Å². The molecule has 0 spiro atoms. The van der Waals surface area contributed by atoms with Gasteiger partial charge in [-0.2, -0.15) is 0 Å². The van der Waals surface area contributed by atoms with Crippen LogP contribution in [0.5, 0.6) is 0 Å². The Morgan fingerprint density at radius 1 is 0.788 bits per heavy atom. The van der Waals surface area contributed by atoms with Gasteiger partial charge in [-0.05, 0) is 19.1 Å². The second-order valence-electron chi connectivity index (χ2n) is 6.87. The van der Waals surface area contributed by atoms with Gasteiger partial charge < -0.3 is 4.55 Å². The van der Waals surface area contributed by atoms with Crippen molar-refractivity contribution in [1.29, 1.82) is 0 Å². The molecule has 0 N–H and O–H groups in total. The molecule has 0 amide bonds. The summed E-state index contributed by atoms with van der Waals surface area (Å²) in [5.41, 5.74) is 5.36. The molecule has 0 radical (unpaired) electrons. The first-order valence-electron chi connectivity index (χ1n) is 9.40. The van der Waals surface area contributed by atoms with E-state index < -0.39 is 10.1 Å². The van der Waals surface area contributed by atoms with Crippen LogP contribution in [-0.4, -0.2) is 50.9 Å². The van der Waals surface area contributed by atoms with E-state index in [0.29, 0.717) is 0 Å². The molecule has 0 saturated carbocycles. The van der Waals surface area contributed by atoms with Gasteiger partial charge in [0.05, 0.1) is 4.90 Å². The number of hydrogen-bond donors (Lipinski definition) is 0. The van der Waals surface area contributed by atoms with Crippen molar-refractivity contribution in [3.63, 3.8) is 0 Å². The van der Waals surface area contributed by atoms with Crippen molar-refractivity contribution < 1.29 is 20.1 Å². The molecule has 0 aliphatic carbocycles. The molecular weight excluding hydrogens is 617 g/mol. The van der Waals surface area contributed by atoms with Crippen LogP contribution in [0, 0.1) is 6.92 Å². The van der Waals surface area contributed by atoms with E-state index in [1.54, 1.807) is 12.1 Å². The van der Waals surface area contributed by atoms with Crippen molar-refractivity contribution in [3.05, 3.63) is 76.3 Å². The Kier molecular flexibility index (Phi) is 8.83. The first kappa shape index (κ1) is 26.0. The Bertz CT molecular complexity index is 1500. The third-order valence-electron chi connectivity index (χ3n) is 4.39. The van der Waals surface area contributed by atoms with Crippen molar-refractivity contribution in [3.8, 4) is 0 Å². The van der Waals surface area contributed by atoms with Gasteiger partial charge in [0.1, 0.15) is 10.1 Å². The van der Waals surface area contributed by atoms with E-state index in [1.807, 2.05) is 57.4 Å². The van der Waals surface area contributed by atoms with Crippen molar-refractivity contribution >= 4 is 85.3 Å². The maximum absolute atomic E-state index is 10.4. The number of fused-ring (bicyclic) bond motifs is 2. The summed E-state index contributed by atoms with van der Waals surface area (Å²) < 4.78 is 44.1. The molecule has 33 heavy (non-hydrogen) atoms. The Morgan fingerprint density at radius 2 is 1.33 bits per heavy atom. The summed E-state index contributed by atoms with van der Waals surface area (Å²) in [6.45, 7) is 1.82. The third-order valence-corrected chi connectivity index (χ3v) is 8.73. The van der Waals surface area contributed by atoms with Crippen LogP contribution in [0.1, 0.15) is 5.56 Å². The van der Waals surface area contributed by atoms with Gasteiger partial charge >= 0.3 is 151 Å². The smallest absolute Gasteiger partial charge is 0.124 e. The van der Waals surface area contributed by atoms with E-state index in [2.05, 4.69) is 15.1 Å². The fraction of sp³-hybridized carbons (Fsp3) is 0.143. The molecule has 3 aromatic carbocycles. The Hall–Kier alpha value is -1.61. The van der Waals surface area contributed by atoms with Gasteiger partial charge in [-0.1, -0.05) is 17.7 Å². The summed E-state index contributed by atoms with van der Waals surface area (Å²) in [7, 11) is -0.191. The molecular formula is C21H19Cl2N4O3SSe2+. The second-order valence-corrected chi connectivity index (χ2v) is 12.9. The molecule has 0 unspecified atom stereocenters. The number of halogens is 2. The van der Waals surface area contributed by atoms with E-state index in [-0.39, 0.29) is 34.8 Å². The molecule has 0 bridgehead atoms. The summed E-state index contributed by atoms with van der Waals surface area (Å²) in [4.78, 5) is -0.178. The summed E-state index contributed by atoms with van der Waals surface area (Å²) in [5, 5.41) is 1.54. The molecule has 2 aromatic heterocycles. The molecule has 5 rings (SSSR count). The number of rotatable bonds is 1. The molecule has 12 heteroatoms. The summed E-state index contributed by atoms with van der Waals surface area (Å²) >= 11 is 12.1. The van der Waals surface area contributed by atoms with Crippen LogP contribution in [0.2, 0.25) is 10.0 Å². The number of nitrogens with zero attached hydrogens (tertiary/aromatic N) is 4. The SMILES string of the molecule is C[n+]1[se]nc2cc(Cl)ccc21.C[n+]1[se]nc2ccc(Cl)cc21.Cc1ccc(S(=O)(=O)[O-])cc1. The fourth-order valence-electron chi connectivity index (χ4n) is 2.67. The van der Waals surface area contributed by atoms with Crippen molar-refractivity contribution in [1.82, 2.24) is 7.96 Å². The largest absolute Gasteiger partial charge is 0.744 e. The molecule has 0 aliphatic rings. The van der Waals surface area contributed by atoms with Gasteiger partial charge in [0, 0.05) is 0 Å². The number of aryl methyl sites for hydroxylation is 3. The third kappa shape index (κ3) is 7.18. The molecule has 0 fully saturated rings. The van der Waals surface area contributed by atoms with Crippen LogP contribution < -0.4 is 7.12 Å². The minimum Gasteiger partial charge on any atom is -0.744 e. The monoisotopic (exact) mass is 637 g/mol. The maximum Gasteiger partial charge on any atom is 0.124 e. The van der Waals surface area contributed by atoms with E-state index in [1.165, 1.54) is 17.6 Å². The molecule has 7 nitrogen and oxygen atoms in total. The van der Waals surface area contributed by atoms with Crippen molar-refractivity contribution in [2.45, 2.75) is 11.8 Å². The zero-order chi connectivity index (χ0) is 24.2. The van der Waals surface area contributed by atoms with Gasteiger partial charge in [0.25, 0.3) is 0 Å². The molecule has 0 atom stereocenters. The van der Waals surface area contributed by atoms with Gasteiger partial charge in [-0.15, -0.1) is 0 Å². The van der Waals surface area contributed by atoms with E-state index in [9.17, 15) is 13.0 Å². The van der Waals surface area contributed by atoms with E-state index >= 15 is 0 Å². The Balaban J connectivity index is 0.000000139. The summed E-state index contributed by atoms with van der Waals surface area (Å²) in [6, 6.07) is 17.4. The number of hydrogen-bond acceptors (Lipinski definition) is 5. The summed E-state index contributed by atoms with van der Waals surface area (Å²) in [6.07, 6.45) is 0. The number of aromatic nitrogens is 4. The van der Waals surface area contributed by atoms with Gasteiger partial charge in [-0.3, -0.25) is 0 Å². The molecule has 0 aliphatic heterocycles. The zero-order valence-corrected chi connectivity index (χ0v) is 23.5. The molecule has 172 valence electrons. The van der Waals surface area contributed by atoms with Crippen LogP contribution in [0.3, 0.4) is 0 Å². The standard InChI is InChI=1S/2C7H6ClN2Se.C7H8O3S/c1-10-7-3-2-5(8)4-6(7)9-11-10;1-10-7-4-5(8)2-3-6(7)9-11-10;1-6-2-4-7(5-3-6)11(8,9)10/h2*2-4H,1H3;2-5H,1H3,(H,8,9,10)/q2*+1;/p-1. The number of benzene rings is 3.